The third-order valence-corrected chi connectivity index (χ3v) is 7.72. The molecule has 4 rings (SSSR count). The Bertz CT molecular complexity index is 1370. The van der Waals surface area contributed by atoms with E-state index in [-0.39, 0.29) is 0 Å². The Labute approximate surface area is 209 Å². The number of amides is 1. The van der Waals surface area contributed by atoms with Gasteiger partial charge in [-0.3, -0.25) is 14.5 Å². The first kappa shape index (κ1) is 25.7. The van der Waals surface area contributed by atoms with Gasteiger partial charge in [-0.2, -0.15) is 13.2 Å². The van der Waals surface area contributed by atoms with E-state index in [4.69, 9.17) is 4.74 Å². The van der Waals surface area contributed by atoms with Crippen molar-refractivity contribution in [2.75, 3.05) is 18.1 Å². The van der Waals surface area contributed by atoms with Gasteiger partial charge < -0.3 is 4.74 Å². The van der Waals surface area contributed by atoms with Crippen LogP contribution in [0.2, 0.25) is 0 Å². The van der Waals surface area contributed by atoms with Crippen molar-refractivity contribution in [1.29, 1.82) is 0 Å². The molecule has 1 aliphatic rings. The molecule has 3 aromatic rings. The molecule has 0 bridgehead atoms. The fraction of sp³-hybridized carbons (Fsp3) is 0.167. The summed E-state index contributed by atoms with van der Waals surface area (Å²) < 4.78 is 70.3. The zero-order valence-electron chi connectivity index (χ0n) is 18.5. The number of esters is 1. The van der Waals surface area contributed by atoms with Crippen LogP contribution in [0.3, 0.4) is 0 Å². The number of alkyl halides is 3. The quantitative estimate of drug-likeness (QED) is 0.439. The number of fused-ring (bicyclic) bond motifs is 2. The van der Waals surface area contributed by atoms with Crippen molar-refractivity contribution in [3.8, 4) is 0 Å². The van der Waals surface area contributed by atoms with Gasteiger partial charge >= 0.3 is 12.1 Å². The third-order valence-electron chi connectivity index (χ3n) is 5.13. The van der Waals surface area contributed by atoms with Crippen molar-refractivity contribution < 1.29 is 35.9 Å². The van der Waals surface area contributed by atoms with Gasteiger partial charge in [-0.05, 0) is 42.5 Å². The Hall–Kier alpha value is -3.35. The second-order valence-corrected chi connectivity index (χ2v) is 10.5. The normalized spacial score (nSPS) is 13.0. The van der Waals surface area contributed by atoms with E-state index in [9.17, 15) is 31.2 Å². The van der Waals surface area contributed by atoms with Crippen LogP contribution in [0.5, 0.6) is 0 Å². The third kappa shape index (κ3) is 5.72. The van der Waals surface area contributed by atoms with Crippen LogP contribution in [0.1, 0.15) is 12.0 Å². The van der Waals surface area contributed by atoms with Crippen LogP contribution < -0.4 is 9.62 Å². The minimum absolute atomic E-state index is 0.419. The van der Waals surface area contributed by atoms with Crippen molar-refractivity contribution >= 4 is 45.0 Å². The topological polar surface area (TPSA) is 92.8 Å². The largest absolute Gasteiger partial charge is 0.455 e. The van der Waals surface area contributed by atoms with Crippen LogP contribution in [0.15, 0.2) is 87.5 Å². The number of carbonyl (C=O) groups is 2. The summed E-state index contributed by atoms with van der Waals surface area (Å²) in [5.41, 5.74) is 0.190. The van der Waals surface area contributed by atoms with Gasteiger partial charge in [0.15, 0.2) is 6.61 Å². The molecule has 0 saturated heterocycles. The zero-order chi connectivity index (χ0) is 25.9. The molecule has 0 saturated carbocycles. The Kier molecular flexibility index (Phi) is 7.38. The molecule has 0 aliphatic carbocycles. The Morgan fingerprint density at radius 1 is 0.917 bits per heavy atom. The van der Waals surface area contributed by atoms with Gasteiger partial charge in [0.1, 0.15) is 0 Å². The number of nitrogens with one attached hydrogen (secondary N) is 1. The number of rotatable bonds is 7. The van der Waals surface area contributed by atoms with Crippen LogP contribution >= 0.6 is 11.8 Å². The lowest BCUT2D eigenvalue weighted by Gasteiger charge is -2.30. The summed E-state index contributed by atoms with van der Waals surface area (Å²) in [4.78, 5) is 27.7. The number of carbonyl (C=O) groups excluding carboxylic acids is 2. The number of halogens is 3. The van der Waals surface area contributed by atoms with Gasteiger partial charge in [0.05, 0.1) is 28.3 Å². The second kappa shape index (κ2) is 10.3. The van der Waals surface area contributed by atoms with E-state index < -0.39 is 58.1 Å². The van der Waals surface area contributed by atoms with E-state index in [0.717, 1.165) is 28.0 Å². The van der Waals surface area contributed by atoms with E-state index in [1.54, 1.807) is 24.3 Å². The van der Waals surface area contributed by atoms with Crippen LogP contribution in [0, 0.1) is 0 Å². The van der Waals surface area contributed by atoms with Crippen molar-refractivity contribution in [2.45, 2.75) is 27.3 Å². The molecule has 0 unspecified atom stereocenters. The van der Waals surface area contributed by atoms with Gasteiger partial charge in [0.2, 0.25) is 10.0 Å². The fourth-order valence-electron chi connectivity index (χ4n) is 3.46. The van der Waals surface area contributed by atoms with Gasteiger partial charge in [0, 0.05) is 16.3 Å². The number of benzene rings is 3. The van der Waals surface area contributed by atoms with Gasteiger partial charge in [-0.15, -0.1) is 0 Å². The Morgan fingerprint density at radius 2 is 1.53 bits per heavy atom. The maximum Gasteiger partial charge on any atom is 0.416 e. The van der Waals surface area contributed by atoms with Crippen molar-refractivity contribution in [1.82, 2.24) is 4.72 Å². The van der Waals surface area contributed by atoms with Crippen molar-refractivity contribution in [3.63, 3.8) is 0 Å². The molecule has 1 aliphatic heterocycles. The van der Waals surface area contributed by atoms with Crippen molar-refractivity contribution in [2.24, 2.45) is 0 Å². The summed E-state index contributed by atoms with van der Waals surface area (Å²) in [7, 11) is -4.29. The highest BCUT2D eigenvalue weighted by Gasteiger charge is 2.32. The molecule has 12 heteroatoms. The molecule has 7 nitrogen and oxygen atoms in total. The van der Waals surface area contributed by atoms with E-state index in [1.165, 1.54) is 16.7 Å². The number of sulfonamides is 1. The number of para-hydroxylation sites is 2. The smallest absolute Gasteiger partial charge is 0.416 e. The fourth-order valence-corrected chi connectivity index (χ4v) is 5.60. The highest BCUT2D eigenvalue weighted by Crippen LogP contribution is 2.47. The lowest BCUT2D eigenvalue weighted by molar-refractivity contribution is -0.147. The van der Waals surface area contributed by atoms with Gasteiger partial charge in [0.25, 0.3) is 5.91 Å². The lowest BCUT2D eigenvalue weighted by Crippen LogP contribution is -2.33. The Morgan fingerprint density at radius 3 is 2.14 bits per heavy atom. The van der Waals surface area contributed by atoms with Crippen LogP contribution in [-0.4, -0.2) is 33.4 Å². The molecule has 188 valence electrons. The number of nitrogens with zero attached hydrogens (tertiary/aromatic N) is 1. The van der Waals surface area contributed by atoms with Crippen molar-refractivity contribution in [3.05, 3.63) is 78.4 Å². The first-order chi connectivity index (χ1) is 17.1. The minimum atomic E-state index is -4.70. The molecule has 1 heterocycles. The van der Waals surface area contributed by atoms with Gasteiger partial charge in [-0.25, -0.2) is 13.1 Å². The second-order valence-electron chi connectivity index (χ2n) is 7.60. The number of hydrogen-bond donors (Lipinski definition) is 1. The molecule has 0 radical (unpaired) electrons. The summed E-state index contributed by atoms with van der Waals surface area (Å²) in [6.07, 6.45) is -5.12. The van der Waals surface area contributed by atoms with Crippen LogP contribution in [0.4, 0.5) is 24.5 Å². The van der Waals surface area contributed by atoms with Crippen LogP contribution in [0.25, 0.3) is 0 Å². The van der Waals surface area contributed by atoms with E-state index >= 15 is 0 Å². The lowest BCUT2D eigenvalue weighted by atomic mass is 10.2. The van der Waals surface area contributed by atoms with Crippen LogP contribution in [-0.2, 0) is 30.5 Å². The van der Waals surface area contributed by atoms with E-state index in [1.807, 2.05) is 24.3 Å². The molecule has 0 aromatic heterocycles. The number of ether oxygens (including phenoxy) is 1. The number of hydrogen-bond acceptors (Lipinski definition) is 6. The molecule has 3 aromatic carbocycles. The molecule has 0 spiro atoms. The predicted molar refractivity (Wildman–Crippen MR) is 126 cm³/mol. The monoisotopic (exact) mass is 536 g/mol. The zero-order valence-corrected chi connectivity index (χ0v) is 20.1. The molecule has 0 fully saturated rings. The van der Waals surface area contributed by atoms with E-state index in [2.05, 4.69) is 4.72 Å². The molecular weight excluding hydrogens is 517 g/mol. The number of anilines is 2. The average Bonchev–Trinajstić information content (AvgIpc) is 2.85. The van der Waals surface area contributed by atoms with E-state index in [0.29, 0.717) is 17.4 Å². The summed E-state index contributed by atoms with van der Waals surface area (Å²) in [5, 5.41) is 0. The average molecular weight is 537 g/mol. The summed E-state index contributed by atoms with van der Waals surface area (Å²) in [5.74, 6) is -1.34. The molecule has 1 amide bonds. The highest BCUT2D eigenvalue weighted by atomic mass is 32.2. The molecule has 0 atom stereocenters. The Balaban J connectivity index is 1.35. The molecule has 36 heavy (non-hydrogen) atoms. The maximum absolute atomic E-state index is 13.0. The first-order valence-electron chi connectivity index (χ1n) is 10.6. The SMILES string of the molecule is O=C(CCNS(=O)(=O)c1cccc(C(F)(F)F)c1)OCC(=O)N1c2ccccc2Sc2ccccc21. The summed E-state index contributed by atoms with van der Waals surface area (Å²) in [6, 6.07) is 17.8. The van der Waals surface area contributed by atoms with Gasteiger partial charge in [-0.1, -0.05) is 42.1 Å². The first-order valence-corrected chi connectivity index (χ1v) is 12.9. The minimum Gasteiger partial charge on any atom is -0.455 e. The molecular formula is C24H19F3N2O5S2. The highest BCUT2D eigenvalue weighted by molar-refractivity contribution is 7.99. The summed E-state index contributed by atoms with van der Waals surface area (Å²) in [6.45, 7) is -0.996. The maximum atomic E-state index is 13.0. The summed E-state index contributed by atoms with van der Waals surface area (Å²) >= 11 is 1.51. The predicted octanol–water partition coefficient (Wildman–Crippen LogP) is 4.75. The molecule has 1 N–H and O–H groups in total. The standard InChI is InChI=1S/C24H19F3N2O5S2/c25-24(26,27)16-6-5-7-17(14-16)36(32,33)28-13-12-23(31)34-15-22(30)29-18-8-1-3-10-20(18)35-21-11-4-2-9-19(21)29/h1-11,14,28H,12-13,15H2.